The van der Waals surface area contributed by atoms with Gasteiger partial charge in [0.05, 0.1) is 12.0 Å². The van der Waals surface area contributed by atoms with E-state index in [1.54, 1.807) is 11.3 Å². The van der Waals surface area contributed by atoms with Crippen LogP contribution in [-0.2, 0) is 0 Å². The van der Waals surface area contributed by atoms with Crippen molar-refractivity contribution in [1.29, 1.82) is 0 Å². The standard InChI is InChI=1S/C15H17ClOS/c1-4-17-13-7-5-12(6-8-13)15(16)14-9-10(2)11(3)18-14/h5-9,15H,4H2,1-3H3. The molecular weight excluding hydrogens is 264 g/mol. The Morgan fingerprint density at radius 2 is 1.89 bits per heavy atom. The summed E-state index contributed by atoms with van der Waals surface area (Å²) < 4.78 is 5.43. The highest BCUT2D eigenvalue weighted by Gasteiger charge is 2.14. The molecule has 1 aromatic heterocycles. The van der Waals surface area contributed by atoms with E-state index < -0.39 is 0 Å². The van der Waals surface area contributed by atoms with Crippen LogP contribution in [0.15, 0.2) is 30.3 Å². The molecular formula is C15H17ClOS. The van der Waals surface area contributed by atoms with Gasteiger partial charge < -0.3 is 4.74 Å². The van der Waals surface area contributed by atoms with Gasteiger partial charge in [-0.15, -0.1) is 22.9 Å². The Kier molecular flexibility index (Phi) is 4.31. The van der Waals surface area contributed by atoms with Crippen LogP contribution in [0.5, 0.6) is 5.75 Å². The van der Waals surface area contributed by atoms with E-state index in [0.29, 0.717) is 6.61 Å². The molecule has 0 fully saturated rings. The summed E-state index contributed by atoms with van der Waals surface area (Å²) in [5.74, 6) is 0.892. The highest BCUT2D eigenvalue weighted by Crippen LogP contribution is 2.35. The van der Waals surface area contributed by atoms with Gasteiger partial charge in [-0.2, -0.15) is 0 Å². The van der Waals surface area contributed by atoms with Crippen molar-refractivity contribution < 1.29 is 4.74 Å². The normalized spacial score (nSPS) is 12.4. The average molecular weight is 281 g/mol. The molecule has 0 radical (unpaired) electrons. The molecule has 1 unspecified atom stereocenters. The van der Waals surface area contributed by atoms with E-state index >= 15 is 0 Å². The van der Waals surface area contributed by atoms with Crippen molar-refractivity contribution in [1.82, 2.24) is 0 Å². The molecule has 0 aliphatic heterocycles. The van der Waals surface area contributed by atoms with Crippen molar-refractivity contribution >= 4 is 22.9 Å². The topological polar surface area (TPSA) is 9.23 Å². The smallest absolute Gasteiger partial charge is 0.119 e. The van der Waals surface area contributed by atoms with Crippen LogP contribution in [0.2, 0.25) is 0 Å². The second-order valence-electron chi connectivity index (χ2n) is 4.25. The van der Waals surface area contributed by atoms with Crippen LogP contribution in [-0.4, -0.2) is 6.61 Å². The molecule has 0 amide bonds. The van der Waals surface area contributed by atoms with Crippen LogP contribution in [0.3, 0.4) is 0 Å². The molecule has 1 heterocycles. The van der Waals surface area contributed by atoms with Gasteiger partial charge in [0.1, 0.15) is 5.75 Å². The Balaban J connectivity index is 2.20. The van der Waals surface area contributed by atoms with Crippen LogP contribution in [0.4, 0.5) is 0 Å². The third-order valence-electron chi connectivity index (χ3n) is 2.92. The SMILES string of the molecule is CCOc1ccc(C(Cl)c2cc(C)c(C)s2)cc1. The van der Waals surface area contributed by atoms with E-state index in [1.165, 1.54) is 15.3 Å². The molecule has 0 N–H and O–H groups in total. The number of halogens is 1. The van der Waals surface area contributed by atoms with E-state index in [0.717, 1.165) is 11.3 Å². The maximum Gasteiger partial charge on any atom is 0.119 e. The number of aryl methyl sites for hydroxylation is 2. The lowest BCUT2D eigenvalue weighted by molar-refractivity contribution is 0.340. The predicted octanol–water partition coefficient (Wildman–Crippen LogP) is 5.09. The summed E-state index contributed by atoms with van der Waals surface area (Å²) in [7, 11) is 0. The molecule has 0 spiro atoms. The zero-order chi connectivity index (χ0) is 13.1. The molecule has 3 heteroatoms. The zero-order valence-electron chi connectivity index (χ0n) is 10.9. The van der Waals surface area contributed by atoms with Gasteiger partial charge in [-0.25, -0.2) is 0 Å². The number of alkyl halides is 1. The second-order valence-corrected chi connectivity index (χ2v) is 5.98. The Bertz CT molecular complexity index is 496. The van der Waals surface area contributed by atoms with Crippen molar-refractivity contribution in [3.8, 4) is 5.75 Å². The minimum atomic E-state index is -0.0712. The van der Waals surface area contributed by atoms with Crippen molar-refractivity contribution in [3.63, 3.8) is 0 Å². The van der Waals surface area contributed by atoms with E-state index in [4.69, 9.17) is 16.3 Å². The van der Waals surface area contributed by atoms with Gasteiger partial charge in [0, 0.05) is 9.75 Å². The fraction of sp³-hybridized carbons (Fsp3) is 0.333. The van der Waals surface area contributed by atoms with Gasteiger partial charge in [-0.05, 0) is 50.1 Å². The van der Waals surface area contributed by atoms with Gasteiger partial charge >= 0.3 is 0 Å². The molecule has 1 nitrogen and oxygen atoms in total. The third-order valence-corrected chi connectivity index (χ3v) is 4.75. The quantitative estimate of drug-likeness (QED) is 0.709. The highest BCUT2D eigenvalue weighted by molar-refractivity contribution is 7.12. The van der Waals surface area contributed by atoms with Gasteiger partial charge in [0.2, 0.25) is 0 Å². The Hall–Kier alpha value is -0.990. The van der Waals surface area contributed by atoms with Crippen molar-refractivity contribution in [2.45, 2.75) is 26.1 Å². The summed E-state index contributed by atoms with van der Waals surface area (Å²) in [6.07, 6.45) is 0. The summed E-state index contributed by atoms with van der Waals surface area (Å²) >= 11 is 8.28. The minimum Gasteiger partial charge on any atom is -0.494 e. The summed E-state index contributed by atoms with van der Waals surface area (Å²) in [5, 5.41) is -0.0712. The Labute approximate surface area is 117 Å². The van der Waals surface area contributed by atoms with Crippen LogP contribution < -0.4 is 4.74 Å². The number of rotatable bonds is 4. The molecule has 0 saturated heterocycles. The summed E-state index contributed by atoms with van der Waals surface area (Å²) in [5.41, 5.74) is 2.42. The lowest BCUT2D eigenvalue weighted by Crippen LogP contribution is -1.93. The first kappa shape index (κ1) is 13.4. The van der Waals surface area contributed by atoms with Crippen LogP contribution in [0.1, 0.15) is 33.2 Å². The second kappa shape index (κ2) is 5.77. The third kappa shape index (κ3) is 2.88. The molecule has 0 bridgehead atoms. The molecule has 2 aromatic rings. The van der Waals surface area contributed by atoms with Crippen LogP contribution >= 0.6 is 22.9 Å². The number of benzene rings is 1. The largest absolute Gasteiger partial charge is 0.494 e. The zero-order valence-corrected chi connectivity index (χ0v) is 12.4. The number of thiophene rings is 1. The van der Waals surface area contributed by atoms with E-state index in [2.05, 4.69) is 19.9 Å². The Morgan fingerprint density at radius 1 is 1.22 bits per heavy atom. The summed E-state index contributed by atoms with van der Waals surface area (Å²) in [4.78, 5) is 2.54. The fourth-order valence-electron chi connectivity index (χ4n) is 1.79. The van der Waals surface area contributed by atoms with Crippen molar-refractivity contribution in [2.75, 3.05) is 6.61 Å². The number of hydrogen-bond donors (Lipinski definition) is 0. The summed E-state index contributed by atoms with van der Waals surface area (Å²) in [6, 6.07) is 10.2. The maximum absolute atomic E-state index is 6.52. The monoisotopic (exact) mass is 280 g/mol. The molecule has 2 rings (SSSR count). The summed E-state index contributed by atoms with van der Waals surface area (Å²) in [6.45, 7) is 6.92. The first-order valence-corrected chi connectivity index (χ1v) is 7.31. The lowest BCUT2D eigenvalue weighted by Gasteiger charge is -2.09. The van der Waals surface area contributed by atoms with Crippen LogP contribution in [0, 0.1) is 13.8 Å². The predicted molar refractivity (Wildman–Crippen MR) is 79.1 cm³/mol. The lowest BCUT2D eigenvalue weighted by atomic mass is 10.1. The molecule has 1 atom stereocenters. The molecule has 96 valence electrons. The van der Waals surface area contributed by atoms with Crippen molar-refractivity contribution in [2.24, 2.45) is 0 Å². The van der Waals surface area contributed by atoms with Gasteiger partial charge in [0.25, 0.3) is 0 Å². The molecule has 0 aliphatic rings. The highest BCUT2D eigenvalue weighted by atomic mass is 35.5. The molecule has 0 saturated carbocycles. The van der Waals surface area contributed by atoms with Gasteiger partial charge in [0.15, 0.2) is 0 Å². The van der Waals surface area contributed by atoms with Crippen LogP contribution in [0.25, 0.3) is 0 Å². The van der Waals surface area contributed by atoms with Crippen molar-refractivity contribution in [3.05, 3.63) is 51.2 Å². The van der Waals surface area contributed by atoms with Gasteiger partial charge in [-0.1, -0.05) is 12.1 Å². The minimum absolute atomic E-state index is 0.0712. The molecule has 1 aromatic carbocycles. The number of ether oxygens (including phenoxy) is 1. The first-order valence-electron chi connectivity index (χ1n) is 6.05. The van der Waals surface area contributed by atoms with Gasteiger partial charge in [-0.3, -0.25) is 0 Å². The number of hydrogen-bond acceptors (Lipinski definition) is 2. The van der Waals surface area contributed by atoms with E-state index in [-0.39, 0.29) is 5.38 Å². The Morgan fingerprint density at radius 3 is 2.39 bits per heavy atom. The van der Waals surface area contributed by atoms with E-state index in [9.17, 15) is 0 Å². The fourth-order valence-corrected chi connectivity index (χ4v) is 3.18. The van der Waals surface area contributed by atoms with E-state index in [1.807, 2.05) is 31.2 Å². The maximum atomic E-state index is 6.52. The molecule has 0 aliphatic carbocycles. The average Bonchev–Trinajstić information content (AvgIpc) is 2.70. The molecule has 18 heavy (non-hydrogen) atoms. The first-order chi connectivity index (χ1) is 8.61.